The van der Waals surface area contributed by atoms with Gasteiger partial charge in [0.1, 0.15) is 12.1 Å². The highest BCUT2D eigenvalue weighted by atomic mass is 16.4. The highest BCUT2D eigenvalue weighted by Gasteiger charge is 2.31. The lowest BCUT2D eigenvalue weighted by atomic mass is 10.0. The Kier molecular flexibility index (Phi) is 7.25. The van der Waals surface area contributed by atoms with Gasteiger partial charge in [0.25, 0.3) is 0 Å². The fourth-order valence-electron chi connectivity index (χ4n) is 2.42. The number of hydrogen-bond acceptors (Lipinski definition) is 3. The van der Waals surface area contributed by atoms with Crippen LogP contribution < -0.4 is 5.32 Å². The summed E-state index contributed by atoms with van der Waals surface area (Å²) >= 11 is 0. The highest BCUT2D eigenvalue weighted by Crippen LogP contribution is 2.13. The molecule has 23 heavy (non-hydrogen) atoms. The van der Waals surface area contributed by atoms with E-state index in [0.717, 1.165) is 5.56 Å². The Labute approximate surface area is 136 Å². The van der Waals surface area contributed by atoms with Crippen LogP contribution in [0.25, 0.3) is 0 Å². The van der Waals surface area contributed by atoms with Gasteiger partial charge in [0.2, 0.25) is 12.3 Å². The van der Waals surface area contributed by atoms with Gasteiger partial charge in [0.15, 0.2) is 0 Å². The molecule has 0 aromatic heterocycles. The molecule has 2 N–H and O–H groups in total. The van der Waals surface area contributed by atoms with E-state index < -0.39 is 24.0 Å². The SMILES string of the molecule is CC(C)C[C@H](NC=O)C(=O)N(C)[C@@H](Cc1ccccc1)C(=O)O. The number of carbonyl (C=O) groups excluding carboxylic acids is 2. The molecule has 1 aromatic rings. The summed E-state index contributed by atoms with van der Waals surface area (Å²) in [6.45, 7) is 3.87. The van der Waals surface area contributed by atoms with E-state index in [0.29, 0.717) is 12.8 Å². The summed E-state index contributed by atoms with van der Waals surface area (Å²) in [7, 11) is 1.46. The van der Waals surface area contributed by atoms with E-state index in [4.69, 9.17) is 0 Å². The quantitative estimate of drug-likeness (QED) is 0.672. The Morgan fingerprint density at radius 1 is 1.26 bits per heavy atom. The summed E-state index contributed by atoms with van der Waals surface area (Å²) in [6, 6.07) is 7.45. The molecule has 6 nitrogen and oxygen atoms in total. The summed E-state index contributed by atoms with van der Waals surface area (Å²) in [4.78, 5) is 36.0. The number of nitrogens with one attached hydrogen (secondary N) is 1. The van der Waals surface area contributed by atoms with Crippen molar-refractivity contribution in [1.82, 2.24) is 10.2 Å². The van der Waals surface area contributed by atoms with Crippen LogP contribution in [0, 0.1) is 5.92 Å². The topological polar surface area (TPSA) is 86.7 Å². The van der Waals surface area contributed by atoms with Gasteiger partial charge in [0, 0.05) is 13.5 Å². The number of amides is 2. The zero-order valence-corrected chi connectivity index (χ0v) is 13.7. The summed E-state index contributed by atoms with van der Waals surface area (Å²) in [5.41, 5.74) is 0.836. The van der Waals surface area contributed by atoms with E-state index in [1.807, 2.05) is 44.2 Å². The van der Waals surface area contributed by atoms with Crippen molar-refractivity contribution in [2.45, 2.75) is 38.8 Å². The van der Waals surface area contributed by atoms with Crippen LogP contribution in [0.15, 0.2) is 30.3 Å². The molecule has 6 heteroatoms. The van der Waals surface area contributed by atoms with E-state index >= 15 is 0 Å². The Hall–Kier alpha value is -2.37. The molecule has 0 saturated heterocycles. The van der Waals surface area contributed by atoms with Crippen LogP contribution in [0.2, 0.25) is 0 Å². The van der Waals surface area contributed by atoms with Gasteiger partial charge in [-0.3, -0.25) is 9.59 Å². The number of carboxylic acid groups (broad SMARTS) is 1. The number of benzene rings is 1. The van der Waals surface area contributed by atoms with E-state index in [-0.39, 0.29) is 12.3 Å². The molecule has 0 spiro atoms. The van der Waals surface area contributed by atoms with Gasteiger partial charge in [-0.05, 0) is 17.9 Å². The van der Waals surface area contributed by atoms with Crippen LogP contribution in [0.3, 0.4) is 0 Å². The minimum atomic E-state index is -1.07. The molecular formula is C17H24N2O4. The second-order valence-electron chi connectivity index (χ2n) is 5.96. The monoisotopic (exact) mass is 320 g/mol. The van der Waals surface area contributed by atoms with Gasteiger partial charge in [-0.2, -0.15) is 0 Å². The maximum Gasteiger partial charge on any atom is 0.326 e. The molecule has 1 rings (SSSR count). The molecule has 0 heterocycles. The van der Waals surface area contributed by atoms with Gasteiger partial charge in [-0.1, -0.05) is 44.2 Å². The van der Waals surface area contributed by atoms with Crippen LogP contribution in [0.4, 0.5) is 0 Å². The summed E-state index contributed by atoms with van der Waals surface area (Å²) in [5, 5.41) is 12.0. The standard InChI is InChI=1S/C17H24N2O4/c1-12(2)9-14(18-11-20)16(21)19(3)15(17(22)23)10-13-7-5-4-6-8-13/h4-8,11-12,14-15H,9-10H2,1-3H3,(H,18,20)(H,22,23)/t14-,15-/m0/s1. The molecule has 2 amide bonds. The van der Waals surface area contributed by atoms with E-state index in [9.17, 15) is 19.5 Å². The largest absolute Gasteiger partial charge is 0.480 e. The molecular weight excluding hydrogens is 296 g/mol. The molecule has 0 aliphatic heterocycles. The number of carbonyl (C=O) groups is 3. The zero-order chi connectivity index (χ0) is 17.4. The molecule has 2 atom stereocenters. The van der Waals surface area contributed by atoms with Crippen molar-refractivity contribution in [2.24, 2.45) is 5.92 Å². The third-order valence-electron chi connectivity index (χ3n) is 3.65. The minimum Gasteiger partial charge on any atom is -0.480 e. The van der Waals surface area contributed by atoms with Crippen LogP contribution in [0.1, 0.15) is 25.8 Å². The maximum atomic E-state index is 12.5. The molecule has 0 unspecified atom stereocenters. The van der Waals surface area contributed by atoms with Gasteiger partial charge < -0.3 is 15.3 Å². The highest BCUT2D eigenvalue weighted by molar-refractivity contribution is 5.88. The molecule has 0 radical (unpaired) electrons. The average molecular weight is 320 g/mol. The van der Waals surface area contributed by atoms with E-state index in [1.54, 1.807) is 0 Å². The number of hydrogen-bond donors (Lipinski definition) is 2. The first-order valence-corrected chi connectivity index (χ1v) is 7.59. The Bertz CT molecular complexity index is 531. The lowest BCUT2D eigenvalue weighted by Gasteiger charge is -2.29. The lowest BCUT2D eigenvalue weighted by Crippen LogP contribution is -2.52. The first-order chi connectivity index (χ1) is 10.9. The van der Waals surface area contributed by atoms with E-state index in [2.05, 4.69) is 5.32 Å². The third-order valence-corrected chi connectivity index (χ3v) is 3.65. The summed E-state index contributed by atoms with van der Waals surface area (Å²) in [6.07, 6.45) is 1.15. The Morgan fingerprint density at radius 2 is 1.87 bits per heavy atom. The molecule has 0 bridgehead atoms. The van der Waals surface area contributed by atoms with Gasteiger partial charge in [-0.25, -0.2) is 4.79 Å². The van der Waals surface area contributed by atoms with Crippen molar-refractivity contribution in [3.05, 3.63) is 35.9 Å². The molecule has 0 aliphatic rings. The third kappa shape index (κ3) is 5.73. The summed E-state index contributed by atoms with van der Waals surface area (Å²) < 4.78 is 0. The molecule has 126 valence electrons. The van der Waals surface area contributed by atoms with Crippen molar-refractivity contribution in [3.63, 3.8) is 0 Å². The maximum absolute atomic E-state index is 12.5. The fraction of sp³-hybridized carbons (Fsp3) is 0.471. The van der Waals surface area contributed by atoms with Crippen molar-refractivity contribution in [3.8, 4) is 0 Å². The van der Waals surface area contributed by atoms with Gasteiger partial charge in [-0.15, -0.1) is 0 Å². The molecule has 1 aromatic carbocycles. The number of likely N-dealkylation sites (N-methyl/N-ethyl adjacent to an activating group) is 1. The van der Waals surface area contributed by atoms with Crippen LogP contribution in [-0.2, 0) is 20.8 Å². The smallest absolute Gasteiger partial charge is 0.326 e. The second kappa shape index (κ2) is 8.92. The number of aliphatic carboxylic acids is 1. The average Bonchev–Trinajstić information content (AvgIpc) is 2.51. The Balaban J connectivity index is 2.90. The Morgan fingerprint density at radius 3 is 2.35 bits per heavy atom. The minimum absolute atomic E-state index is 0.196. The lowest BCUT2D eigenvalue weighted by molar-refractivity contribution is -0.150. The zero-order valence-electron chi connectivity index (χ0n) is 13.7. The van der Waals surface area contributed by atoms with Crippen molar-refractivity contribution in [2.75, 3.05) is 7.05 Å². The molecule has 0 aliphatic carbocycles. The van der Waals surface area contributed by atoms with Crippen LogP contribution in [-0.4, -0.2) is 47.4 Å². The fourth-order valence-corrected chi connectivity index (χ4v) is 2.42. The number of nitrogens with zero attached hydrogens (tertiary/aromatic N) is 1. The normalized spacial score (nSPS) is 13.2. The summed E-state index contributed by atoms with van der Waals surface area (Å²) in [5.74, 6) is -1.27. The van der Waals surface area contributed by atoms with Gasteiger partial charge >= 0.3 is 5.97 Å². The predicted molar refractivity (Wildman–Crippen MR) is 86.8 cm³/mol. The first kappa shape index (κ1) is 18.7. The van der Waals surface area contributed by atoms with Crippen LogP contribution in [0.5, 0.6) is 0 Å². The van der Waals surface area contributed by atoms with Crippen molar-refractivity contribution in [1.29, 1.82) is 0 Å². The second-order valence-corrected chi connectivity index (χ2v) is 5.96. The van der Waals surface area contributed by atoms with Crippen molar-refractivity contribution >= 4 is 18.3 Å². The van der Waals surface area contributed by atoms with Crippen LogP contribution >= 0.6 is 0 Å². The van der Waals surface area contributed by atoms with Crippen molar-refractivity contribution < 1.29 is 19.5 Å². The van der Waals surface area contributed by atoms with E-state index in [1.165, 1.54) is 11.9 Å². The first-order valence-electron chi connectivity index (χ1n) is 7.59. The number of rotatable bonds is 9. The predicted octanol–water partition coefficient (Wildman–Crippen LogP) is 1.30. The molecule has 0 saturated carbocycles. The number of carboxylic acids is 1. The molecule has 0 fully saturated rings. The van der Waals surface area contributed by atoms with Gasteiger partial charge in [0.05, 0.1) is 0 Å².